The van der Waals surface area contributed by atoms with Crippen LogP contribution >= 0.6 is 0 Å². The number of fused-ring (bicyclic) bond motifs is 8. The van der Waals surface area contributed by atoms with Crippen molar-refractivity contribution in [3.63, 3.8) is 0 Å². The number of benzene rings is 6. The molecule has 7 rings (SSSR count). The molecule has 0 saturated carbocycles. The molecule has 0 unspecified atom stereocenters. The van der Waals surface area contributed by atoms with Crippen LogP contribution in [0.1, 0.15) is 13.8 Å². The lowest BCUT2D eigenvalue weighted by Gasteiger charge is -2.16. The second-order valence-corrected chi connectivity index (χ2v) is 9.92. The van der Waals surface area contributed by atoms with E-state index in [1.807, 2.05) is 0 Å². The summed E-state index contributed by atoms with van der Waals surface area (Å²) in [6, 6.07) is 37.2. The molecule has 1 aromatic heterocycles. The van der Waals surface area contributed by atoms with Crippen molar-refractivity contribution < 1.29 is 0 Å². The molecule has 168 valence electrons. The molecular weight excluding hydrogens is 424 g/mol. The molecule has 0 bridgehead atoms. The Morgan fingerprint density at radius 1 is 0.600 bits per heavy atom. The van der Waals surface area contributed by atoms with Crippen molar-refractivity contribution in [2.24, 2.45) is 5.92 Å². The van der Waals surface area contributed by atoms with Gasteiger partial charge in [0, 0.05) is 22.9 Å². The largest absolute Gasteiger partial charge is 0.323 e. The van der Waals surface area contributed by atoms with Crippen LogP contribution in [0, 0.1) is 5.92 Å². The van der Waals surface area contributed by atoms with Crippen LogP contribution in [0.5, 0.6) is 0 Å². The third-order valence-electron chi connectivity index (χ3n) is 7.16. The highest BCUT2D eigenvalue weighted by atomic mass is 15.1. The Kier molecular flexibility index (Phi) is 4.44. The third-order valence-corrected chi connectivity index (χ3v) is 7.16. The summed E-state index contributed by atoms with van der Waals surface area (Å²) in [6.07, 6.45) is 0. The van der Waals surface area contributed by atoms with Gasteiger partial charge in [-0.25, -0.2) is 4.98 Å². The Morgan fingerprint density at radius 3 is 1.69 bits per heavy atom. The smallest absolute Gasteiger partial charge is 0.142 e. The van der Waals surface area contributed by atoms with Crippen LogP contribution in [0.25, 0.3) is 65.5 Å². The number of imidazole rings is 1. The highest BCUT2D eigenvalue weighted by Gasteiger charge is 2.22. The molecule has 7 aromatic rings. The Bertz CT molecular complexity index is 1850. The molecule has 2 heteroatoms. The number of hydrogen-bond donors (Lipinski definition) is 0. The summed E-state index contributed by atoms with van der Waals surface area (Å²) in [7, 11) is 0. The molecule has 35 heavy (non-hydrogen) atoms. The normalized spacial score (nSPS) is 12.1. The molecule has 0 spiro atoms. The first-order valence-electron chi connectivity index (χ1n) is 12.4. The van der Waals surface area contributed by atoms with Gasteiger partial charge in [0.15, 0.2) is 0 Å². The molecule has 0 amide bonds. The van der Waals surface area contributed by atoms with E-state index in [2.05, 4.69) is 122 Å². The van der Waals surface area contributed by atoms with Gasteiger partial charge in [-0.3, -0.25) is 0 Å². The van der Waals surface area contributed by atoms with Gasteiger partial charge in [-0.1, -0.05) is 111 Å². The lowest BCUT2D eigenvalue weighted by molar-refractivity contribution is 0.537. The zero-order valence-electron chi connectivity index (χ0n) is 20.0. The van der Waals surface area contributed by atoms with E-state index in [0.717, 1.165) is 17.9 Å². The van der Waals surface area contributed by atoms with Crippen molar-refractivity contribution in [1.82, 2.24) is 9.55 Å². The minimum absolute atomic E-state index is 0.484. The quantitative estimate of drug-likeness (QED) is 0.194. The van der Waals surface area contributed by atoms with Gasteiger partial charge in [-0.15, -0.1) is 0 Å². The maximum atomic E-state index is 5.48. The zero-order valence-corrected chi connectivity index (χ0v) is 20.0. The molecule has 1 heterocycles. The van der Waals surface area contributed by atoms with E-state index < -0.39 is 0 Å². The molecule has 0 aliphatic rings. The predicted octanol–water partition coefficient (Wildman–Crippen LogP) is 8.97. The van der Waals surface area contributed by atoms with E-state index in [-0.39, 0.29) is 0 Å². The van der Waals surface area contributed by atoms with Crippen LogP contribution in [-0.4, -0.2) is 9.55 Å². The van der Waals surface area contributed by atoms with Gasteiger partial charge in [0.1, 0.15) is 5.82 Å². The average molecular weight is 451 g/mol. The van der Waals surface area contributed by atoms with Crippen LogP contribution in [0.4, 0.5) is 0 Å². The fraction of sp³-hybridized carbons (Fsp3) is 0.121. The van der Waals surface area contributed by atoms with Crippen molar-refractivity contribution >= 4 is 54.1 Å². The van der Waals surface area contributed by atoms with Crippen LogP contribution in [0.3, 0.4) is 0 Å². The fourth-order valence-corrected chi connectivity index (χ4v) is 5.75. The third kappa shape index (κ3) is 2.99. The molecule has 6 aromatic carbocycles. The maximum absolute atomic E-state index is 5.48. The highest BCUT2D eigenvalue weighted by molar-refractivity contribution is 6.24. The molecule has 0 fully saturated rings. The Balaban J connectivity index is 1.74. The first-order valence-corrected chi connectivity index (χ1v) is 12.4. The molecule has 0 atom stereocenters. The average Bonchev–Trinajstić information content (AvgIpc) is 3.26. The SMILES string of the molecule is CC(C)Cn1c(-c2c3ccccc3cc3ccccc23)nc2c3ccccc3c3ccccc3c21. The van der Waals surface area contributed by atoms with Crippen LogP contribution in [0.15, 0.2) is 103 Å². The van der Waals surface area contributed by atoms with E-state index >= 15 is 0 Å². The summed E-state index contributed by atoms with van der Waals surface area (Å²) >= 11 is 0. The molecule has 0 radical (unpaired) electrons. The van der Waals surface area contributed by atoms with Crippen molar-refractivity contribution in [2.75, 3.05) is 0 Å². The second-order valence-electron chi connectivity index (χ2n) is 9.92. The highest BCUT2D eigenvalue weighted by Crippen LogP contribution is 2.41. The summed E-state index contributed by atoms with van der Waals surface area (Å²) in [5.41, 5.74) is 3.55. The maximum Gasteiger partial charge on any atom is 0.142 e. The number of nitrogens with zero attached hydrogens (tertiary/aromatic N) is 2. The van der Waals surface area contributed by atoms with Gasteiger partial charge in [-0.05, 0) is 44.3 Å². The van der Waals surface area contributed by atoms with Gasteiger partial charge < -0.3 is 4.57 Å². The van der Waals surface area contributed by atoms with Gasteiger partial charge in [0.05, 0.1) is 11.0 Å². The molecule has 2 nitrogen and oxygen atoms in total. The monoisotopic (exact) mass is 450 g/mol. The summed E-state index contributed by atoms with van der Waals surface area (Å²) < 4.78 is 2.49. The number of hydrogen-bond acceptors (Lipinski definition) is 1. The lowest BCUT2D eigenvalue weighted by Crippen LogP contribution is -2.07. The van der Waals surface area contributed by atoms with Crippen molar-refractivity contribution in [2.45, 2.75) is 20.4 Å². The fourth-order valence-electron chi connectivity index (χ4n) is 5.75. The van der Waals surface area contributed by atoms with Crippen molar-refractivity contribution in [3.8, 4) is 11.4 Å². The molecule has 0 N–H and O–H groups in total. The predicted molar refractivity (Wildman–Crippen MR) is 150 cm³/mol. The molecular formula is C33H26N2. The van der Waals surface area contributed by atoms with Gasteiger partial charge in [0.2, 0.25) is 0 Å². The van der Waals surface area contributed by atoms with Crippen LogP contribution < -0.4 is 0 Å². The molecule has 0 aliphatic heterocycles. The first kappa shape index (κ1) is 20.2. The molecule has 0 saturated heterocycles. The summed E-state index contributed by atoms with van der Waals surface area (Å²) in [5.74, 6) is 1.54. The van der Waals surface area contributed by atoms with E-state index in [0.29, 0.717) is 5.92 Å². The first-order chi connectivity index (χ1) is 17.2. The summed E-state index contributed by atoms with van der Waals surface area (Å²) in [5, 5.41) is 10.0. The van der Waals surface area contributed by atoms with E-state index in [4.69, 9.17) is 4.98 Å². The van der Waals surface area contributed by atoms with Gasteiger partial charge >= 0.3 is 0 Å². The van der Waals surface area contributed by atoms with Crippen LogP contribution in [-0.2, 0) is 6.54 Å². The van der Waals surface area contributed by atoms with Crippen LogP contribution in [0.2, 0.25) is 0 Å². The van der Waals surface area contributed by atoms with E-state index in [1.54, 1.807) is 0 Å². The minimum Gasteiger partial charge on any atom is -0.323 e. The number of rotatable bonds is 3. The van der Waals surface area contributed by atoms with E-state index in [9.17, 15) is 0 Å². The lowest BCUT2D eigenvalue weighted by atomic mass is 9.96. The van der Waals surface area contributed by atoms with Crippen molar-refractivity contribution in [1.29, 1.82) is 0 Å². The number of aromatic nitrogens is 2. The topological polar surface area (TPSA) is 17.8 Å². The Labute approximate surface area is 204 Å². The second kappa shape index (κ2) is 7.68. The van der Waals surface area contributed by atoms with Gasteiger partial charge in [0.25, 0.3) is 0 Å². The minimum atomic E-state index is 0.484. The summed E-state index contributed by atoms with van der Waals surface area (Å²) in [6.45, 7) is 5.49. The molecule has 0 aliphatic carbocycles. The Morgan fingerprint density at radius 2 is 1.09 bits per heavy atom. The standard InChI is InChI=1S/C33H26N2/c1-21(2)20-35-32-29-18-10-8-16-27(29)26-15-7-9-17-28(26)31(32)34-33(35)30-24-13-5-3-11-22(24)19-23-12-4-6-14-25(23)30/h3-19,21H,20H2,1-2H3. The van der Waals surface area contributed by atoms with E-state index in [1.165, 1.54) is 54.2 Å². The van der Waals surface area contributed by atoms with Crippen molar-refractivity contribution in [3.05, 3.63) is 103 Å². The Hall–Kier alpha value is -4.17. The zero-order chi connectivity index (χ0) is 23.5. The van der Waals surface area contributed by atoms with Gasteiger partial charge in [-0.2, -0.15) is 0 Å². The summed E-state index contributed by atoms with van der Waals surface area (Å²) in [4.78, 5) is 5.48.